The minimum atomic E-state index is -0.124. The van der Waals surface area contributed by atoms with E-state index in [0.29, 0.717) is 12.1 Å². The molecule has 24 heavy (non-hydrogen) atoms. The third kappa shape index (κ3) is 2.78. The maximum atomic E-state index is 12.4. The second-order valence-electron chi connectivity index (χ2n) is 6.19. The van der Waals surface area contributed by atoms with Crippen molar-refractivity contribution in [3.8, 4) is 0 Å². The van der Waals surface area contributed by atoms with E-state index in [1.165, 1.54) is 0 Å². The Morgan fingerprint density at radius 2 is 2.25 bits per heavy atom. The minimum Gasteiger partial charge on any atom is -0.358 e. The van der Waals surface area contributed by atoms with Crippen LogP contribution in [0.2, 0.25) is 0 Å². The Balaban J connectivity index is 1.53. The van der Waals surface area contributed by atoms with E-state index in [-0.39, 0.29) is 17.9 Å². The number of nitrogens with zero attached hydrogens (tertiary/aromatic N) is 1. The summed E-state index contributed by atoms with van der Waals surface area (Å²) in [4.78, 5) is 27.9. The van der Waals surface area contributed by atoms with Crippen LogP contribution in [-0.2, 0) is 11.3 Å². The zero-order valence-corrected chi connectivity index (χ0v) is 14.1. The van der Waals surface area contributed by atoms with Crippen LogP contribution in [0.1, 0.15) is 34.5 Å². The minimum absolute atomic E-state index is 0.0401. The molecule has 5 nitrogen and oxygen atoms in total. The molecule has 6 heteroatoms. The first-order valence-electron chi connectivity index (χ1n) is 8.24. The average Bonchev–Trinajstić information content (AvgIpc) is 3.13. The van der Waals surface area contributed by atoms with Gasteiger partial charge in [-0.3, -0.25) is 9.59 Å². The first kappa shape index (κ1) is 15.2. The highest BCUT2D eigenvalue weighted by Gasteiger charge is 2.34. The van der Waals surface area contributed by atoms with Gasteiger partial charge in [0.05, 0.1) is 17.9 Å². The van der Waals surface area contributed by atoms with E-state index in [4.69, 9.17) is 0 Å². The first-order chi connectivity index (χ1) is 11.7. The first-order valence-corrected chi connectivity index (χ1v) is 9.12. The van der Waals surface area contributed by atoms with Crippen molar-refractivity contribution in [2.75, 3.05) is 16.8 Å². The summed E-state index contributed by atoms with van der Waals surface area (Å²) in [5, 5.41) is 7.88. The predicted molar refractivity (Wildman–Crippen MR) is 95.5 cm³/mol. The molecular formula is C18H19N3O2S. The molecule has 1 aromatic heterocycles. The molecule has 0 saturated carbocycles. The van der Waals surface area contributed by atoms with Crippen LogP contribution in [0.5, 0.6) is 0 Å². The van der Waals surface area contributed by atoms with Gasteiger partial charge in [0.1, 0.15) is 6.04 Å². The second-order valence-corrected chi connectivity index (χ2v) is 7.22. The molecule has 0 spiro atoms. The summed E-state index contributed by atoms with van der Waals surface area (Å²) >= 11 is 1.62. The SMILES string of the molecule is O=C(NCc1cccs1)c1ccc2c(c1)NC(=O)[C@H]1CCCCN21. The molecular weight excluding hydrogens is 322 g/mol. The smallest absolute Gasteiger partial charge is 0.251 e. The molecule has 0 bridgehead atoms. The number of rotatable bonds is 3. The molecule has 2 aliphatic heterocycles. The zero-order valence-electron chi connectivity index (χ0n) is 13.2. The molecule has 1 fully saturated rings. The summed E-state index contributed by atoms with van der Waals surface area (Å²) < 4.78 is 0. The topological polar surface area (TPSA) is 61.4 Å². The maximum absolute atomic E-state index is 12.4. The maximum Gasteiger partial charge on any atom is 0.251 e. The van der Waals surface area contributed by atoms with Gasteiger partial charge in [0, 0.05) is 17.0 Å². The van der Waals surface area contributed by atoms with Gasteiger partial charge in [-0.25, -0.2) is 0 Å². The largest absolute Gasteiger partial charge is 0.358 e. The van der Waals surface area contributed by atoms with Gasteiger partial charge in [-0.1, -0.05) is 6.07 Å². The average molecular weight is 341 g/mol. The van der Waals surface area contributed by atoms with Crippen molar-refractivity contribution >= 4 is 34.5 Å². The Hall–Kier alpha value is -2.34. The summed E-state index contributed by atoms with van der Waals surface area (Å²) in [7, 11) is 0. The van der Waals surface area contributed by atoms with Crippen LogP contribution >= 0.6 is 11.3 Å². The molecule has 124 valence electrons. The normalized spacial score (nSPS) is 19.2. The number of thiophene rings is 1. The zero-order chi connectivity index (χ0) is 16.5. The number of hydrogen-bond donors (Lipinski definition) is 2. The van der Waals surface area contributed by atoms with Crippen molar-refractivity contribution < 1.29 is 9.59 Å². The van der Waals surface area contributed by atoms with Crippen LogP contribution in [0.25, 0.3) is 0 Å². The fourth-order valence-corrected chi connectivity index (χ4v) is 4.06. The van der Waals surface area contributed by atoms with Crippen LogP contribution in [0.3, 0.4) is 0 Å². The Morgan fingerprint density at radius 1 is 1.33 bits per heavy atom. The molecule has 1 saturated heterocycles. The van der Waals surface area contributed by atoms with E-state index in [2.05, 4.69) is 15.5 Å². The lowest BCUT2D eigenvalue weighted by atomic mass is 9.97. The van der Waals surface area contributed by atoms with Crippen molar-refractivity contribution in [3.05, 3.63) is 46.2 Å². The quantitative estimate of drug-likeness (QED) is 0.902. The molecule has 2 amide bonds. The lowest BCUT2D eigenvalue weighted by molar-refractivity contribution is -0.118. The van der Waals surface area contributed by atoms with Gasteiger partial charge in [-0.2, -0.15) is 0 Å². The van der Waals surface area contributed by atoms with E-state index in [9.17, 15) is 9.59 Å². The second kappa shape index (κ2) is 6.28. The van der Waals surface area contributed by atoms with E-state index in [1.54, 1.807) is 17.4 Å². The third-order valence-electron chi connectivity index (χ3n) is 4.63. The van der Waals surface area contributed by atoms with Gasteiger partial charge in [0.15, 0.2) is 0 Å². The summed E-state index contributed by atoms with van der Waals surface area (Å²) in [6.07, 6.45) is 3.09. The fourth-order valence-electron chi connectivity index (χ4n) is 3.42. The van der Waals surface area contributed by atoms with Crippen LogP contribution < -0.4 is 15.5 Å². The number of amides is 2. The predicted octanol–water partition coefficient (Wildman–Crippen LogP) is 2.99. The van der Waals surface area contributed by atoms with Crippen molar-refractivity contribution in [2.45, 2.75) is 31.8 Å². The Morgan fingerprint density at radius 3 is 3.08 bits per heavy atom. The van der Waals surface area contributed by atoms with Gasteiger partial charge in [0.25, 0.3) is 5.91 Å². The van der Waals surface area contributed by atoms with Crippen molar-refractivity contribution in [1.82, 2.24) is 5.32 Å². The summed E-state index contributed by atoms with van der Waals surface area (Å²) in [6.45, 7) is 1.42. The number of carbonyl (C=O) groups excluding carboxylic acids is 2. The molecule has 0 unspecified atom stereocenters. The van der Waals surface area contributed by atoms with Gasteiger partial charge < -0.3 is 15.5 Å². The van der Waals surface area contributed by atoms with E-state index in [0.717, 1.165) is 42.1 Å². The van der Waals surface area contributed by atoms with Crippen LogP contribution in [-0.4, -0.2) is 24.4 Å². The fraction of sp³-hybridized carbons (Fsp3) is 0.333. The summed E-state index contributed by atoms with van der Waals surface area (Å²) in [5.74, 6) is -0.0837. The number of nitrogens with one attached hydrogen (secondary N) is 2. The Labute approximate surface area is 144 Å². The van der Waals surface area contributed by atoms with Crippen LogP contribution in [0.15, 0.2) is 35.7 Å². The number of piperidine rings is 1. The van der Waals surface area contributed by atoms with Crippen molar-refractivity contribution in [2.24, 2.45) is 0 Å². The molecule has 2 aromatic rings. The molecule has 3 heterocycles. The lowest BCUT2D eigenvalue weighted by Gasteiger charge is -2.41. The van der Waals surface area contributed by atoms with E-state index < -0.39 is 0 Å². The molecule has 2 aliphatic rings. The lowest BCUT2D eigenvalue weighted by Crippen LogP contribution is -2.50. The molecule has 2 N–H and O–H groups in total. The Kier molecular flexibility index (Phi) is 3.98. The van der Waals surface area contributed by atoms with Crippen molar-refractivity contribution in [3.63, 3.8) is 0 Å². The highest BCUT2D eigenvalue weighted by atomic mass is 32.1. The molecule has 0 aliphatic carbocycles. The van der Waals surface area contributed by atoms with Gasteiger partial charge >= 0.3 is 0 Å². The van der Waals surface area contributed by atoms with Gasteiger partial charge in [-0.15, -0.1) is 11.3 Å². The van der Waals surface area contributed by atoms with Crippen molar-refractivity contribution in [1.29, 1.82) is 0 Å². The number of fused-ring (bicyclic) bond motifs is 3. The van der Waals surface area contributed by atoms with Crippen LogP contribution in [0, 0.1) is 0 Å². The Bertz CT molecular complexity index is 773. The summed E-state index contributed by atoms with van der Waals surface area (Å²) in [6, 6.07) is 9.47. The van der Waals surface area contributed by atoms with E-state index >= 15 is 0 Å². The number of hydrogen-bond acceptors (Lipinski definition) is 4. The van der Waals surface area contributed by atoms with E-state index in [1.807, 2.05) is 29.6 Å². The van der Waals surface area contributed by atoms with Gasteiger partial charge in [0.2, 0.25) is 5.91 Å². The monoisotopic (exact) mass is 341 g/mol. The molecule has 0 radical (unpaired) electrons. The highest BCUT2D eigenvalue weighted by molar-refractivity contribution is 7.09. The van der Waals surface area contributed by atoms with Crippen LogP contribution in [0.4, 0.5) is 11.4 Å². The standard InChI is InChI=1S/C18H19N3O2S/c22-17(19-11-13-4-3-9-24-13)12-6-7-15-14(10-12)20-18(23)16-5-1-2-8-21(15)16/h3-4,6-7,9-10,16H,1-2,5,8,11H2,(H,19,22)(H,20,23)/t16-/m1/s1. The highest BCUT2D eigenvalue weighted by Crippen LogP contribution is 2.36. The summed E-state index contributed by atoms with van der Waals surface area (Å²) in [5.41, 5.74) is 2.33. The molecule has 1 aromatic carbocycles. The van der Waals surface area contributed by atoms with Gasteiger partial charge in [-0.05, 0) is 48.9 Å². The third-order valence-corrected chi connectivity index (χ3v) is 5.51. The molecule has 4 rings (SSSR count). The number of anilines is 2. The number of carbonyl (C=O) groups is 2. The number of benzene rings is 1. The molecule has 1 atom stereocenters.